The molecule has 0 amide bonds. The highest BCUT2D eigenvalue weighted by Gasteiger charge is 2.32. The van der Waals surface area contributed by atoms with Crippen molar-refractivity contribution in [1.29, 1.82) is 0 Å². The number of likely N-dealkylation sites (N-methyl/N-ethyl adjacent to an activating group) is 1. The Hall–Kier alpha value is -0.730. The van der Waals surface area contributed by atoms with Gasteiger partial charge in [0.25, 0.3) is 0 Å². The van der Waals surface area contributed by atoms with Crippen molar-refractivity contribution in [2.75, 3.05) is 59.9 Å². The monoisotopic (exact) mass is 293 g/mol. The average Bonchev–Trinajstić information content (AvgIpc) is 2.41. The molecule has 7 nitrogen and oxygen atoms in total. The number of rotatable bonds is 14. The lowest BCUT2D eigenvalue weighted by Crippen LogP contribution is -2.53. The number of hydrogen-bond donors (Lipinski definition) is 2. The van der Waals surface area contributed by atoms with Gasteiger partial charge < -0.3 is 29.4 Å². The normalized spacial score (nSPS) is 14.2. The number of carbonyl (C=O) groups is 1. The Morgan fingerprint density at radius 3 is 2.00 bits per heavy atom. The predicted octanol–water partition coefficient (Wildman–Crippen LogP) is 0.135. The zero-order valence-corrected chi connectivity index (χ0v) is 12.6. The van der Waals surface area contributed by atoms with E-state index in [1.807, 2.05) is 6.92 Å². The van der Waals surface area contributed by atoms with Crippen LogP contribution in [0.4, 0.5) is 0 Å². The Labute approximate surface area is 120 Å². The molecule has 0 aliphatic carbocycles. The van der Waals surface area contributed by atoms with Gasteiger partial charge in [-0.15, -0.1) is 0 Å². The maximum atomic E-state index is 11.1. The average molecular weight is 293 g/mol. The molecular weight excluding hydrogens is 266 g/mol. The molecule has 0 radical (unpaired) electrons. The topological polar surface area (TPSA) is 86.3 Å². The Kier molecular flexibility index (Phi) is 11.6. The van der Waals surface area contributed by atoms with Crippen molar-refractivity contribution in [3.8, 4) is 0 Å². The van der Waals surface area contributed by atoms with E-state index in [1.54, 1.807) is 14.0 Å². The predicted molar refractivity (Wildman–Crippen MR) is 74.1 cm³/mol. The van der Waals surface area contributed by atoms with Gasteiger partial charge in [-0.3, -0.25) is 4.79 Å². The maximum absolute atomic E-state index is 11.1. The molecule has 120 valence electrons. The molecule has 0 aromatic carbocycles. The number of nitrogens with one attached hydrogen (secondary N) is 1. The molecule has 0 saturated carbocycles. The van der Waals surface area contributed by atoms with Gasteiger partial charge >= 0.3 is 5.97 Å². The van der Waals surface area contributed by atoms with E-state index in [2.05, 4.69) is 5.32 Å². The van der Waals surface area contributed by atoms with Crippen LogP contribution >= 0.6 is 0 Å². The molecular formula is C13H27NO6. The minimum absolute atomic E-state index is 0.101. The molecule has 0 saturated heterocycles. The molecule has 0 aromatic rings. The summed E-state index contributed by atoms with van der Waals surface area (Å²) in [4.78, 5) is 11.1. The molecule has 1 unspecified atom stereocenters. The van der Waals surface area contributed by atoms with Gasteiger partial charge in [0.05, 0.1) is 46.2 Å². The minimum Gasteiger partial charge on any atom is -0.480 e. The van der Waals surface area contributed by atoms with Crippen molar-refractivity contribution in [2.24, 2.45) is 0 Å². The van der Waals surface area contributed by atoms with Crippen LogP contribution in [0.1, 0.15) is 13.8 Å². The molecule has 0 spiro atoms. The highest BCUT2D eigenvalue weighted by molar-refractivity contribution is 5.78. The van der Waals surface area contributed by atoms with Crippen LogP contribution in [-0.4, -0.2) is 76.5 Å². The summed E-state index contributed by atoms with van der Waals surface area (Å²) in [6.07, 6.45) is 0. The van der Waals surface area contributed by atoms with Crippen LogP contribution in [0.25, 0.3) is 0 Å². The van der Waals surface area contributed by atoms with Crippen LogP contribution in [0.15, 0.2) is 0 Å². The number of carboxylic acids is 1. The molecule has 2 N–H and O–H groups in total. The minimum atomic E-state index is -1.06. The number of aliphatic carboxylic acids is 1. The van der Waals surface area contributed by atoms with Gasteiger partial charge in [0.1, 0.15) is 5.54 Å². The van der Waals surface area contributed by atoms with Gasteiger partial charge in [0.15, 0.2) is 0 Å². The van der Waals surface area contributed by atoms with Crippen LogP contribution < -0.4 is 5.32 Å². The largest absolute Gasteiger partial charge is 0.480 e. The summed E-state index contributed by atoms with van der Waals surface area (Å²) in [5, 5.41) is 12.0. The van der Waals surface area contributed by atoms with Crippen molar-refractivity contribution in [2.45, 2.75) is 19.4 Å². The molecule has 20 heavy (non-hydrogen) atoms. The van der Waals surface area contributed by atoms with Gasteiger partial charge in [-0.1, -0.05) is 6.92 Å². The molecule has 0 aliphatic heterocycles. The summed E-state index contributed by atoms with van der Waals surface area (Å²) in [7, 11) is 1.62. The summed E-state index contributed by atoms with van der Waals surface area (Å²) in [6, 6.07) is 0. The van der Waals surface area contributed by atoms with Crippen molar-refractivity contribution in [1.82, 2.24) is 5.32 Å². The van der Waals surface area contributed by atoms with Gasteiger partial charge in [-0.25, -0.2) is 0 Å². The van der Waals surface area contributed by atoms with Gasteiger partial charge in [0, 0.05) is 7.11 Å². The third-order valence-electron chi connectivity index (χ3n) is 2.61. The summed E-state index contributed by atoms with van der Waals surface area (Å²) in [6.45, 7) is 7.01. The van der Waals surface area contributed by atoms with Crippen molar-refractivity contribution in [3.05, 3.63) is 0 Å². The summed E-state index contributed by atoms with van der Waals surface area (Å²) < 4.78 is 20.7. The van der Waals surface area contributed by atoms with Gasteiger partial charge in [-0.2, -0.15) is 0 Å². The Bertz CT molecular complexity index is 251. The standard InChI is InChI=1S/C13H27NO6/c1-4-14-13(2,12(15)16)11-20-10-9-19-8-7-18-6-5-17-3/h14H,4-11H2,1-3H3,(H,15,16). The van der Waals surface area contributed by atoms with Crippen molar-refractivity contribution in [3.63, 3.8) is 0 Å². The molecule has 1 atom stereocenters. The lowest BCUT2D eigenvalue weighted by molar-refractivity contribution is -0.147. The van der Waals surface area contributed by atoms with Crippen LogP contribution in [0.2, 0.25) is 0 Å². The fourth-order valence-corrected chi connectivity index (χ4v) is 1.44. The lowest BCUT2D eigenvalue weighted by atomic mass is 10.0. The van der Waals surface area contributed by atoms with E-state index in [1.165, 1.54) is 0 Å². The second-order valence-electron chi connectivity index (χ2n) is 4.44. The van der Waals surface area contributed by atoms with E-state index < -0.39 is 11.5 Å². The second-order valence-corrected chi connectivity index (χ2v) is 4.44. The third-order valence-corrected chi connectivity index (χ3v) is 2.61. The number of methoxy groups -OCH3 is 1. The Morgan fingerprint density at radius 1 is 1.05 bits per heavy atom. The first-order valence-corrected chi connectivity index (χ1v) is 6.77. The fraction of sp³-hybridized carbons (Fsp3) is 0.923. The summed E-state index contributed by atoms with van der Waals surface area (Å²) in [5.41, 5.74) is -1.06. The first-order valence-electron chi connectivity index (χ1n) is 6.77. The molecule has 0 fully saturated rings. The third kappa shape index (κ3) is 9.22. The first-order chi connectivity index (χ1) is 9.56. The number of hydrogen-bond acceptors (Lipinski definition) is 6. The SMILES string of the molecule is CCNC(C)(COCCOCCOCCOC)C(=O)O. The number of ether oxygens (including phenoxy) is 4. The zero-order chi connectivity index (χ0) is 15.3. The van der Waals surface area contributed by atoms with Crippen LogP contribution in [0.3, 0.4) is 0 Å². The maximum Gasteiger partial charge on any atom is 0.326 e. The molecule has 0 heterocycles. The van der Waals surface area contributed by atoms with Gasteiger partial charge in [-0.05, 0) is 13.5 Å². The van der Waals surface area contributed by atoms with E-state index in [9.17, 15) is 4.79 Å². The molecule has 0 rings (SSSR count). The summed E-state index contributed by atoms with van der Waals surface area (Å²) >= 11 is 0. The first kappa shape index (κ1) is 19.3. The second kappa shape index (κ2) is 12.0. The smallest absolute Gasteiger partial charge is 0.326 e. The van der Waals surface area contributed by atoms with E-state index in [0.29, 0.717) is 46.2 Å². The van der Waals surface area contributed by atoms with Crippen molar-refractivity contribution >= 4 is 5.97 Å². The quantitative estimate of drug-likeness (QED) is 0.440. The van der Waals surface area contributed by atoms with E-state index in [4.69, 9.17) is 24.1 Å². The summed E-state index contributed by atoms with van der Waals surface area (Å²) in [5.74, 6) is -0.924. The van der Waals surface area contributed by atoms with Crippen LogP contribution in [-0.2, 0) is 23.7 Å². The van der Waals surface area contributed by atoms with Crippen molar-refractivity contribution < 1.29 is 28.8 Å². The molecule has 0 bridgehead atoms. The van der Waals surface area contributed by atoms with E-state index in [-0.39, 0.29) is 6.61 Å². The highest BCUT2D eigenvalue weighted by atomic mass is 16.6. The Morgan fingerprint density at radius 2 is 1.55 bits per heavy atom. The molecule has 7 heteroatoms. The van der Waals surface area contributed by atoms with Crippen LogP contribution in [0.5, 0.6) is 0 Å². The fourth-order valence-electron chi connectivity index (χ4n) is 1.44. The Balaban J connectivity index is 3.48. The molecule has 0 aromatic heterocycles. The van der Waals surface area contributed by atoms with E-state index in [0.717, 1.165) is 0 Å². The van der Waals surface area contributed by atoms with E-state index >= 15 is 0 Å². The van der Waals surface area contributed by atoms with Crippen LogP contribution in [0, 0.1) is 0 Å². The lowest BCUT2D eigenvalue weighted by Gasteiger charge is -2.25. The number of carboxylic acid groups (broad SMARTS) is 1. The van der Waals surface area contributed by atoms with Gasteiger partial charge in [0.2, 0.25) is 0 Å². The molecule has 0 aliphatic rings. The zero-order valence-electron chi connectivity index (χ0n) is 12.6. The highest BCUT2D eigenvalue weighted by Crippen LogP contribution is 2.04.